The molecule has 0 aliphatic carbocycles. The Labute approximate surface area is 167 Å². The number of amides is 1. The number of carboxylic acids is 1. The summed E-state index contributed by atoms with van der Waals surface area (Å²) in [5.74, 6) is -2.29. The zero-order valence-electron chi connectivity index (χ0n) is 16.7. The molecule has 2 aromatic rings. The summed E-state index contributed by atoms with van der Waals surface area (Å²) in [7, 11) is 0. The van der Waals surface area contributed by atoms with Crippen molar-refractivity contribution in [1.29, 1.82) is 0 Å². The molecule has 1 N–H and O–H groups in total. The van der Waals surface area contributed by atoms with Crippen LogP contribution in [0.2, 0.25) is 0 Å². The average Bonchev–Trinajstić information content (AvgIpc) is 2.72. The summed E-state index contributed by atoms with van der Waals surface area (Å²) in [4.78, 5) is 25.6. The van der Waals surface area contributed by atoms with Crippen molar-refractivity contribution < 1.29 is 14.7 Å². The largest absolute Gasteiger partial charge is 0.481 e. The van der Waals surface area contributed by atoms with Gasteiger partial charge in [-0.3, -0.25) is 9.59 Å². The van der Waals surface area contributed by atoms with Crippen LogP contribution in [0.3, 0.4) is 0 Å². The zero-order chi connectivity index (χ0) is 20.4. The minimum absolute atomic E-state index is 0.284. The first-order valence-electron chi connectivity index (χ1n) is 9.91. The molecule has 148 valence electrons. The van der Waals surface area contributed by atoms with Gasteiger partial charge in [-0.15, -0.1) is 0 Å². The van der Waals surface area contributed by atoms with Crippen molar-refractivity contribution in [1.82, 2.24) is 4.90 Å². The molecule has 2 aromatic carbocycles. The molecule has 1 unspecified atom stereocenters. The molecule has 0 saturated heterocycles. The van der Waals surface area contributed by atoms with E-state index < -0.39 is 11.9 Å². The fraction of sp³-hybridized carbons (Fsp3) is 0.333. The molecule has 0 aromatic heterocycles. The molecule has 28 heavy (non-hydrogen) atoms. The molecule has 4 heteroatoms. The monoisotopic (exact) mass is 379 g/mol. The van der Waals surface area contributed by atoms with Crippen LogP contribution >= 0.6 is 0 Å². The maximum atomic E-state index is 12.4. The molecule has 0 heterocycles. The molecule has 0 fully saturated rings. The van der Waals surface area contributed by atoms with Crippen LogP contribution in [0.4, 0.5) is 0 Å². The maximum absolute atomic E-state index is 12.4. The minimum atomic E-state index is -1.03. The highest BCUT2D eigenvalue weighted by molar-refractivity contribution is 5.96. The fourth-order valence-corrected chi connectivity index (χ4v) is 3.31. The molecule has 0 radical (unpaired) electrons. The SMILES string of the molecule is CCN(CC)C(=O)C(CCCC=C(c1ccccc1)c1ccccc1)C(=O)O. The summed E-state index contributed by atoms with van der Waals surface area (Å²) in [6.07, 6.45) is 3.85. The standard InChI is InChI=1S/C24H29NO3/c1-3-25(4-2)23(26)22(24(27)28)18-12-11-17-21(19-13-7-5-8-14-19)20-15-9-6-10-16-20/h5-10,13-17,22H,3-4,11-12,18H2,1-2H3,(H,27,28). The van der Waals surface area contributed by atoms with Crippen molar-refractivity contribution in [3.63, 3.8) is 0 Å². The van der Waals surface area contributed by atoms with Crippen LogP contribution < -0.4 is 0 Å². The van der Waals surface area contributed by atoms with E-state index in [0.717, 1.165) is 16.7 Å². The summed E-state index contributed by atoms with van der Waals surface area (Å²) in [5.41, 5.74) is 3.38. The lowest BCUT2D eigenvalue weighted by Gasteiger charge is -2.22. The number of carbonyl (C=O) groups excluding carboxylic acids is 1. The molecule has 0 spiro atoms. The number of nitrogens with zero attached hydrogens (tertiary/aromatic N) is 1. The Hall–Kier alpha value is -2.88. The number of hydrogen-bond donors (Lipinski definition) is 1. The van der Waals surface area contributed by atoms with Crippen molar-refractivity contribution in [3.05, 3.63) is 77.9 Å². The molecule has 4 nitrogen and oxygen atoms in total. The van der Waals surface area contributed by atoms with Crippen LogP contribution in [0.25, 0.3) is 5.57 Å². The van der Waals surface area contributed by atoms with Crippen molar-refractivity contribution in [2.24, 2.45) is 5.92 Å². The molecule has 0 aliphatic rings. The third-order valence-electron chi connectivity index (χ3n) is 4.89. The summed E-state index contributed by atoms with van der Waals surface area (Å²) in [6, 6.07) is 20.3. The van der Waals surface area contributed by atoms with Gasteiger partial charge < -0.3 is 10.0 Å². The van der Waals surface area contributed by atoms with E-state index in [1.54, 1.807) is 4.90 Å². The lowest BCUT2D eigenvalue weighted by Crippen LogP contribution is -2.39. The summed E-state index contributed by atoms with van der Waals surface area (Å²) in [5, 5.41) is 9.49. The number of aliphatic carboxylic acids is 1. The Kier molecular flexibility index (Phi) is 8.47. The van der Waals surface area contributed by atoms with Gasteiger partial charge in [-0.2, -0.15) is 0 Å². The normalized spacial score (nSPS) is 11.5. The minimum Gasteiger partial charge on any atom is -0.481 e. The number of benzene rings is 2. The van der Waals surface area contributed by atoms with E-state index in [4.69, 9.17) is 0 Å². The van der Waals surface area contributed by atoms with Crippen LogP contribution in [0.5, 0.6) is 0 Å². The van der Waals surface area contributed by atoms with Gasteiger partial charge in [0, 0.05) is 13.1 Å². The Morgan fingerprint density at radius 1 is 0.929 bits per heavy atom. The van der Waals surface area contributed by atoms with Crippen LogP contribution in [0.15, 0.2) is 66.7 Å². The Balaban J connectivity index is 2.10. The van der Waals surface area contributed by atoms with E-state index in [2.05, 4.69) is 30.3 Å². The van der Waals surface area contributed by atoms with Gasteiger partial charge in [0.2, 0.25) is 5.91 Å². The van der Waals surface area contributed by atoms with Gasteiger partial charge >= 0.3 is 5.97 Å². The average molecular weight is 380 g/mol. The Bertz CT molecular complexity index is 739. The van der Waals surface area contributed by atoms with Crippen molar-refractivity contribution in [2.75, 3.05) is 13.1 Å². The molecular weight excluding hydrogens is 350 g/mol. The highest BCUT2D eigenvalue weighted by Gasteiger charge is 2.28. The Morgan fingerprint density at radius 3 is 1.86 bits per heavy atom. The number of carbonyl (C=O) groups is 2. The first-order chi connectivity index (χ1) is 13.6. The predicted octanol–water partition coefficient (Wildman–Crippen LogP) is 4.86. The number of hydrogen-bond acceptors (Lipinski definition) is 2. The van der Waals surface area contributed by atoms with Crippen molar-refractivity contribution in [2.45, 2.75) is 33.1 Å². The number of unbranched alkanes of at least 4 members (excludes halogenated alkanes) is 1. The van der Waals surface area contributed by atoms with Gasteiger partial charge in [0.25, 0.3) is 0 Å². The first kappa shape index (κ1) is 21.4. The number of carboxylic acid groups (broad SMARTS) is 1. The fourth-order valence-electron chi connectivity index (χ4n) is 3.31. The van der Waals surface area contributed by atoms with Crippen molar-refractivity contribution >= 4 is 17.4 Å². The predicted molar refractivity (Wildman–Crippen MR) is 113 cm³/mol. The molecule has 0 bridgehead atoms. The van der Waals surface area contributed by atoms with Crippen molar-refractivity contribution in [3.8, 4) is 0 Å². The maximum Gasteiger partial charge on any atom is 0.316 e. The summed E-state index contributed by atoms with van der Waals surface area (Å²) < 4.78 is 0. The number of allylic oxidation sites excluding steroid dienone is 1. The third kappa shape index (κ3) is 5.81. The molecule has 0 aliphatic heterocycles. The molecule has 2 rings (SSSR count). The Morgan fingerprint density at radius 2 is 1.43 bits per heavy atom. The first-order valence-corrected chi connectivity index (χ1v) is 9.91. The van der Waals surface area contributed by atoms with Crippen LogP contribution in [0, 0.1) is 5.92 Å². The lowest BCUT2D eigenvalue weighted by atomic mass is 9.95. The van der Waals surface area contributed by atoms with Gasteiger partial charge in [0.05, 0.1) is 0 Å². The zero-order valence-corrected chi connectivity index (χ0v) is 16.7. The second-order valence-corrected chi connectivity index (χ2v) is 6.68. The highest BCUT2D eigenvalue weighted by Crippen LogP contribution is 2.24. The van der Waals surface area contributed by atoms with E-state index in [9.17, 15) is 14.7 Å². The van der Waals surface area contributed by atoms with Gasteiger partial charge in [0.1, 0.15) is 5.92 Å². The lowest BCUT2D eigenvalue weighted by molar-refractivity contribution is -0.151. The van der Waals surface area contributed by atoms with Gasteiger partial charge in [-0.1, -0.05) is 66.7 Å². The van der Waals surface area contributed by atoms with Gasteiger partial charge in [-0.05, 0) is 49.8 Å². The summed E-state index contributed by atoms with van der Waals surface area (Å²) in [6.45, 7) is 4.81. The molecular formula is C24H29NO3. The van der Waals surface area contributed by atoms with Crippen LogP contribution in [0.1, 0.15) is 44.2 Å². The second kappa shape index (κ2) is 11.1. The van der Waals surface area contributed by atoms with Crippen LogP contribution in [-0.4, -0.2) is 35.0 Å². The van der Waals surface area contributed by atoms with E-state index in [1.807, 2.05) is 50.2 Å². The third-order valence-corrected chi connectivity index (χ3v) is 4.89. The van der Waals surface area contributed by atoms with Gasteiger partial charge in [0.15, 0.2) is 0 Å². The highest BCUT2D eigenvalue weighted by atomic mass is 16.4. The topological polar surface area (TPSA) is 57.6 Å². The second-order valence-electron chi connectivity index (χ2n) is 6.68. The van der Waals surface area contributed by atoms with E-state index in [-0.39, 0.29) is 5.91 Å². The molecule has 1 amide bonds. The smallest absolute Gasteiger partial charge is 0.316 e. The quantitative estimate of drug-likeness (QED) is 0.474. The van der Waals surface area contributed by atoms with Gasteiger partial charge in [-0.25, -0.2) is 0 Å². The summed E-state index contributed by atoms with van der Waals surface area (Å²) >= 11 is 0. The molecule has 0 saturated carbocycles. The molecule has 1 atom stereocenters. The van der Waals surface area contributed by atoms with E-state index in [0.29, 0.717) is 32.4 Å². The van der Waals surface area contributed by atoms with Crippen LogP contribution in [-0.2, 0) is 9.59 Å². The number of rotatable bonds is 10. The van der Waals surface area contributed by atoms with E-state index >= 15 is 0 Å². The van der Waals surface area contributed by atoms with E-state index in [1.165, 1.54) is 0 Å².